The standard InChI is InChI=1S/C15H29NO7/c1-3-4-5-6-7-8-16-15(20)22-9-10-11(17)12(18)13(19)14(21-2)23-10/h10-14,17-19H,3-9H2,1-2H3,(H,16,20). The molecule has 0 aliphatic carbocycles. The number of ether oxygens (including phenoxy) is 3. The van der Waals surface area contributed by atoms with E-state index in [1.54, 1.807) is 0 Å². The Bertz CT molecular complexity index is 340. The number of nitrogens with one attached hydrogen (secondary N) is 1. The molecule has 5 atom stereocenters. The van der Waals surface area contributed by atoms with Crippen LogP contribution in [0.1, 0.15) is 39.0 Å². The van der Waals surface area contributed by atoms with Crippen LogP contribution in [0.5, 0.6) is 0 Å². The molecular formula is C15H29NO7. The number of aliphatic hydroxyl groups excluding tert-OH is 3. The summed E-state index contributed by atoms with van der Waals surface area (Å²) < 4.78 is 15.1. The fourth-order valence-corrected chi connectivity index (χ4v) is 2.38. The fourth-order valence-electron chi connectivity index (χ4n) is 2.38. The lowest BCUT2D eigenvalue weighted by Gasteiger charge is -2.39. The van der Waals surface area contributed by atoms with E-state index in [2.05, 4.69) is 12.2 Å². The van der Waals surface area contributed by atoms with Gasteiger partial charge in [0.05, 0.1) is 0 Å². The van der Waals surface area contributed by atoms with Gasteiger partial charge in [0.1, 0.15) is 31.0 Å². The first kappa shape index (κ1) is 20.1. The second-order valence-electron chi connectivity index (χ2n) is 5.69. The average Bonchev–Trinajstić information content (AvgIpc) is 2.55. The predicted molar refractivity (Wildman–Crippen MR) is 81.8 cm³/mol. The summed E-state index contributed by atoms with van der Waals surface area (Å²) in [6, 6.07) is 0. The molecular weight excluding hydrogens is 306 g/mol. The second kappa shape index (κ2) is 10.8. The molecule has 8 heteroatoms. The highest BCUT2D eigenvalue weighted by Crippen LogP contribution is 2.21. The fraction of sp³-hybridized carbons (Fsp3) is 0.933. The summed E-state index contributed by atoms with van der Waals surface area (Å²) in [4.78, 5) is 11.6. The number of carbonyl (C=O) groups excluding carboxylic acids is 1. The van der Waals surface area contributed by atoms with Crippen LogP contribution in [0.3, 0.4) is 0 Å². The predicted octanol–water partition coefficient (Wildman–Crippen LogP) is 0.137. The Kier molecular flexibility index (Phi) is 9.42. The van der Waals surface area contributed by atoms with Gasteiger partial charge in [-0.05, 0) is 6.42 Å². The van der Waals surface area contributed by atoms with E-state index in [-0.39, 0.29) is 6.61 Å². The molecule has 8 nitrogen and oxygen atoms in total. The SMILES string of the molecule is CCCCCCCNC(=O)OCC1OC(OC)C(O)C(O)C1O. The number of methoxy groups -OCH3 is 1. The van der Waals surface area contributed by atoms with E-state index < -0.39 is 36.8 Å². The third-order valence-electron chi connectivity index (χ3n) is 3.83. The molecule has 0 aromatic heterocycles. The van der Waals surface area contributed by atoms with Crippen molar-refractivity contribution in [1.29, 1.82) is 0 Å². The molecule has 1 saturated heterocycles. The molecule has 1 rings (SSSR count). The minimum absolute atomic E-state index is 0.244. The molecule has 1 fully saturated rings. The van der Waals surface area contributed by atoms with E-state index in [1.807, 2.05) is 0 Å². The first-order valence-corrected chi connectivity index (χ1v) is 8.14. The number of hydrogen-bond donors (Lipinski definition) is 4. The first-order valence-electron chi connectivity index (χ1n) is 8.14. The highest BCUT2D eigenvalue weighted by molar-refractivity contribution is 5.67. The van der Waals surface area contributed by atoms with Crippen LogP contribution in [-0.4, -0.2) is 72.4 Å². The summed E-state index contributed by atoms with van der Waals surface area (Å²) in [6.07, 6.45) is -1.35. The van der Waals surface area contributed by atoms with Crippen molar-refractivity contribution in [2.24, 2.45) is 0 Å². The Balaban J connectivity index is 2.24. The number of unbranched alkanes of at least 4 members (excludes halogenated alkanes) is 4. The zero-order valence-electron chi connectivity index (χ0n) is 13.8. The Hall–Kier alpha value is -0.930. The minimum Gasteiger partial charge on any atom is -0.447 e. The summed E-state index contributed by atoms with van der Waals surface area (Å²) in [5.41, 5.74) is 0. The number of carbonyl (C=O) groups is 1. The van der Waals surface area contributed by atoms with Gasteiger partial charge in [0, 0.05) is 13.7 Å². The maximum Gasteiger partial charge on any atom is 0.407 e. The van der Waals surface area contributed by atoms with Crippen molar-refractivity contribution < 1.29 is 34.3 Å². The Labute approximate surface area is 136 Å². The Morgan fingerprint density at radius 1 is 1.09 bits per heavy atom. The van der Waals surface area contributed by atoms with Gasteiger partial charge in [-0.2, -0.15) is 0 Å². The summed E-state index contributed by atoms with van der Waals surface area (Å²) in [5, 5.41) is 31.8. The maximum absolute atomic E-state index is 11.6. The molecule has 1 heterocycles. The molecule has 1 amide bonds. The molecule has 0 spiro atoms. The zero-order valence-corrected chi connectivity index (χ0v) is 13.8. The second-order valence-corrected chi connectivity index (χ2v) is 5.69. The summed E-state index contributed by atoms with van der Waals surface area (Å²) >= 11 is 0. The molecule has 0 bridgehead atoms. The Morgan fingerprint density at radius 3 is 2.43 bits per heavy atom. The number of alkyl carbamates (subject to hydrolysis) is 1. The largest absolute Gasteiger partial charge is 0.447 e. The van der Waals surface area contributed by atoms with Crippen LogP contribution in [0.2, 0.25) is 0 Å². The molecule has 1 aliphatic rings. The van der Waals surface area contributed by atoms with Gasteiger partial charge in [-0.15, -0.1) is 0 Å². The first-order chi connectivity index (χ1) is 11.0. The van der Waals surface area contributed by atoms with Crippen LogP contribution < -0.4 is 5.32 Å². The van der Waals surface area contributed by atoms with Gasteiger partial charge >= 0.3 is 6.09 Å². The van der Waals surface area contributed by atoms with Crippen LogP contribution in [0.15, 0.2) is 0 Å². The molecule has 0 saturated carbocycles. The zero-order chi connectivity index (χ0) is 17.2. The highest BCUT2D eigenvalue weighted by Gasteiger charge is 2.44. The van der Waals surface area contributed by atoms with Crippen LogP contribution in [0.4, 0.5) is 4.79 Å². The van der Waals surface area contributed by atoms with Gasteiger partial charge in [0.2, 0.25) is 0 Å². The minimum atomic E-state index is -1.43. The number of amides is 1. The van der Waals surface area contributed by atoms with Crippen molar-refractivity contribution in [3.05, 3.63) is 0 Å². The molecule has 0 radical (unpaired) electrons. The van der Waals surface area contributed by atoms with Gasteiger partial charge in [-0.25, -0.2) is 4.79 Å². The third-order valence-corrected chi connectivity index (χ3v) is 3.83. The van der Waals surface area contributed by atoms with Gasteiger partial charge < -0.3 is 34.8 Å². The third kappa shape index (κ3) is 6.60. The van der Waals surface area contributed by atoms with E-state index in [9.17, 15) is 20.1 Å². The lowest BCUT2D eigenvalue weighted by atomic mass is 9.99. The van der Waals surface area contributed by atoms with Crippen LogP contribution >= 0.6 is 0 Å². The van der Waals surface area contributed by atoms with Crippen LogP contribution in [0.25, 0.3) is 0 Å². The molecule has 0 aromatic carbocycles. The highest BCUT2D eigenvalue weighted by atomic mass is 16.7. The molecule has 1 aliphatic heterocycles. The summed E-state index contributed by atoms with van der Waals surface area (Å²) in [7, 11) is 1.31. The van der Waals surface area contributed by atoms with Gasteiger partial charge in [-0.1, -0.05) is 32.6 Å². The average molecular weight is 335 g/mol. The van der Waals surface area contributed by atoms with E-state index >= 15 is 0 Å². The van der Waals surface area contributed by atoms with Crippen molar-refractivity contribution in [1.82, 2.24) is 5.32 Å². The number of rotatable bonds is 9. The van der Waals surface area contributed by atoms with Crippen molar-refractivity contribution in [2.75, 3.05) is 20.3 Å². The summed E-state index contributed by atoms with van der Waals surface area (Å²) in [6.45, 7) is 2.42. The Morgan fingerprint density at radius 2 is 1.78 bits per heavy atom. The number of hydrogen-bond acceptors (Lipinski definition) is 7. The van der Waals surface area contributed by atoms with Crippen molar-refractivity contribution in [3.63, 3.8) is 0 Å². The monoisotopic (exact) mass is 335 g/mol. The maximum atomic E-state index is 11.6. The molecule has 23 heavy (non-hydrogen) atoms. The normalized spacial score (nSPS) is 30.9. The van der Waals surface area contributed by atoms with Crippen LogP contribution in [-0.2, 0) is 14.2 Å². The quantitative estimate of drug-likeness (QED) is 0.443. The molecule has 5 unspecified atom stereocenters. The van der Waals surface area contributed by atoms with E-state index in [0.29, 0.717) is 6.54 Å². The van der Waals surface area contributed by atoms with Crippen molar-refractivity contribution >= 4 is 6.09 Å². The van der Waals surface area contributed by atoms with Gasteiger partial charge in [0.15, 0.2) is 6.29 Å². The van der Waals surface area contributed by atoms with E-state index in [4.69, 9.17) is 14.2 Å². The lowest BCUT2D eigenvalue weighted by molar-refractivity contribution is -0.294. The van der Waals surface area contributed by atoms with Crippen molar-refractivity contribution in [2.45, 2.75) is 69.7 Å². The van der Waals surface area contributed by atoms with E-state index in [1.165, 1.54) is 20.0 Å². The lowest BCUT2D eigenvalue weighted by Crippen LogP contribution is -2.59. The molecule has 136 valence electrons. The topological polar surface area (TPSA) is 117 Å². The van der Waals surface area contributed by atoms with Crippen LogP contribution in [0, 0.1) is 0 Å². The van der Waals surface area contributed by atoms with E-state index in [0.717, 1.165) is 19.3 Å². The molecule has 4 N–H and O–H groups in total. The molecule has 0 aromatic rings. The number of aliphatic hydroxyl groups is 3. The summed E-state index contributed by atoms with van der Waals surface area (Å²) in [5.74, 6) is 0. The smallest absolute Gasteiger partial charge is 0.407 e. The van der Waals surface area contributed by atoms with Gasteiger partial charge in [-0.3, -0.25) is 0 Å². The van der Waals surface area contributed by atoms with Gasteiger partial charge in [0.25, 0.3) is 0 Å². The van der Waals surface area contributed by atoms with Crippen molar-refractivity contribution in [3.8, 4) is 0 Å².